The van der Waals surface area contributed by atoms with Gasteiger partial charge in [0, 0.05) is 6.04 Å². The molecule has 1 aliphatic rings. The monoisotopic (exact) mass is 237 g/mol. The molecule has 3 heteroatoms. The van der Waals surface area contributed by atoms with Crippen LogP contribution in [0.4, 0.5) is 4.39 Å². The van der Waals surface area contributed by atoms with E-state index < -0.39 is 0 Å². The molecule has 1 saturated carbocycles. The zero-order valence-electron chi connectivity index (χ0n) is 10.5. The van der Waals surface area contributed by atoms with Crippen molar-refractivity contribution in [2.75, 3.05) is 13.7 Å². The maximum atomic E-state index is 13.5. The van der Waals surface area contributed by atoms with Crippen LogP contribution in [0.3, 0.4) is 0 Å². The van der Waals surface area contributed by atoms with Crippen LogP contribution in [0.15, 0.2) is 18.2 Å². The Morgan fingerprint density at radius 2 is 2.24 bits per heavy atom. The molecule has 1 aliphatic carbocycles. The van der Waals surface area contributed by atoms with Crippen molar-refractivity contribution in [2.24, 2.45) is 0 Å². The number of methoxy groups -OCH3 is 1. The van der Waals surface area contributed by atoms with Gasteiger partial charge in [-0.05, 0) is 49.4 Å². The minimum Gasteiger partial charge on any atom is -0.494 e. The van der Waals surface area contributed by atoms with Crippen LogP contribution in [-0.2, 0) is 0 Å². The van der Waals surface area contributed by atoms with Gasteiger partial charge in [0.1, 0.15) is 0 Å². The Kier molecular flexibility index (Phi) is 4.00. The number of ether oxygens (including phenoxy) is 1. The van der Waals surface area contributed by atoms with E-state index in [4.69, 9.17) is 4.74 Å². The Hall–Kier alpha value is -1.09. The van der Waals surface area contributed by atoms with Crippen molar-refractivity contribution in [3.05, 3.63) is 29.6 Å². The SMILES string of the molecule is COc1ccc(C(C)CCNC2CC2)cc1F. The molecule has 1 atom stereocenters. The second-order valence-corrected chi connectivity index (χ2v) is 4.81. The number of halogens is 1. The van der Waals surface area contributed by atoms with Gasteiger partial charge < -0.3 is 10.1 Å². The molecule has 2 rings (SSSR count). The van der Waals surface area contributed by atoms with E-state index in [1.807, 2.05) is 6.07 Å². The van der Waals surface area contributed by atoms with Crippen molar-refractivity contribution in [3.63, 3.8) is 0 Å². The lowest BCUT2D eigenvalue weighted by Crippen LogP contribution is -2.19. The summed E-state index contributed by atoms with van der Waals surface area (Å²) >= 11 is 0. The third-order valence-electron chi connectivity index (χ3n) is 3.33. The van der Waals surface area contributed by atoms with E-state index in [1.54, 1.807) is 12.1 Å². The molecule has 1 aromatic rings. The molecular formula is C14H20FNO. The number of hydrogen-bond acceptors (Lipinski definition) is 2. The maximum absolute atomic E-state index is 13.5. The predicted molar refractivity (Wildman–Crippen MR) is 67.0 cm³/mol. The van der Waals surface area contributed by atoms with Crippen LogP contribution in [0.5, 0.6) is 5.75 Å². The molecule has 1 aromatic carbocycles. The Morgan fingerprint density at radius 3 is 2.82 bits per heavy atom. The van der Waals surface area contributed by atoms with Crippen LogP contribution in [0.25, 0.3) is 0 Å². The largest absolute Gasteiger partial charge is 0.494 e. The molecule has 0 saturated heterocycles. The number of hydrogen-bond donors (Lipinski definition) is 1. The average molecular weight is 237 g/mol. The van der Waals surface area contributed by atoms with E-state index in [1.165, 1.54) is 20.0 Å². The summed E-state index contributed by atoms with van der Waals surface area (Å²) in [6, 6.07) is 5.98. The van der Waals surface area contributed by atoms with Crippen molar-refractivity contribution in [3.8, 4) is 5.75 Å². The lowest BCUT2D eigenvalue weighted by Gasteiger charge is -2.13. The molecule has 1 fully saturated rings. The van der Waals surface area contributed by atoms with Gasteiger partial charge in [-0.1, -0.05) is 13.0 Å². The topological polar surface area (TPSA) is 21.3 Å². The normalized spacial score (nSPS) is 16.9. The highest BCUT2D eigenvalue weighted by molar-refractivity contribution is 5.31. The fraction of sp³-hybridized carbons (Fsp3) is 0.571. The molecule has 0 bridgehead atoms. The van der Waals surface area contributed by atoms with Crippen molar-refractivity contribution >= 4 is 0 Å². The van der Waals surface area contributed by atoms with Crippen LogP contribution in [0, 0.1) is 5.82 Å². The van der Waals surface area contributed by atoms with Gasteiger partial charge in [-0.25, -0.2) is 4.39 Å². The molecule has 0 aromatic heterocycles. The van der Waals surface area contributed by atoms with Crippen molar-refractivity contribution in [2.45, 2.75) is 38.1 Å². The van der Waals surface area contributed by atoms with Crippen LogP contribution >= 0.6 is 0 Å². The van der Waals surface area contributed by atoms with Crippen LogP contribution in [0.2, 0.25) is 0 Å². The Balaban J connectivity index is 1.88. The highest BCUT2D eigenvalue weighted by atomic mass is 19.1. The van der Waals surface area contributed by atoms with Gasteiger partial charge in [0.15, 0.2) is 11.6 Å². The molecule has 0 heterocycles. The van der Waals surface area contributed by atoms with E-state index in [0.29, 0.717) is 11.7 Å². The van der Waals surface area contributed by atoms with Gasteiger partial charge in [0.25, 0.3) is 0 Å². The molecule has 1 N–H and O–H groups in total. The smallest absolute Gasteiger partial charge is 0.165 e. The first-order valence-corrected chi connectivity index (χ1v) is 6.27. The minimum absolute atomic E-state index is 0.271. The summed E-state index contributed by atoms with van der Waals surface area (Å²) in [6.07, 6.45) is 3.67. The fourth-order valence-electron chi connectivity index (χ4n) is 1.95. The highest BCUT2D eigenvalue weighted by Crippen LogP contribution is 2.25. The molecule has 0 aliphatic heterocycles. The summed E-state index contributed by atoms with van der Waals surface area (Å²) in [5, 5.41) is 3.48. The van der Waals surface area contributed by atoms with E-state index in [0.717, 1.165) is 24.6 Å². The lowest BCUT2D eigenvalue weighted by molar-refractivity contribution is 0.386. The average Bonchev–Trinajstić information content (AvgIpc) is 3.13. The molecule has 0 radical (unpaired) electrons. The summed E-state index contributed by atoms with van der Waals surface area (Å²) in [5.74, 6) is 0.422. The number of nitrogens with one attached hydrogen (secondary N) is 1. The Morgan fingerprint density at radius 1 is 1.47 bits per heavy atom. The van der Waals surface area contributed by atoms with E-state index in [2.05, 4.69) is 12.2 Å². The molecular weight excluding hydrogens is 217 g/mol. The predicted octanol–water partition coefficient (Wildman–Crippen LogP) is 3.08. The molecule has 0 spiro atoms. The molecule has 0 amide bonds. The summed E-state index contributed by atoms with van der Waals surface area (Å²) < 4.78 is 18.4. The van der Waals surface area contributed by atoms with Gasteiger partial charge in [0.2, 0.25) is 0 Å². The second kappa shape index (κ2) is 5.50. The molecule has 94 valence electrons. The standard InChI is InChI=1S/C14H20FNO/c1-10(7-8-16-12-4-5-12)11-3-6-14(17-2)13(15)9-11/h3,6,9-10,12,16H,4-5,7-8H2,1-2H3. The van der Waals surface area contributed by atoms with Gasteiger partial charge in [0.05, 0.1) is 7.11 Å². The highest BCUT2D eigenvalue weighted by Gasteiger charge is 2.20. The Labute approximate surface area is 102 Å². The van der Waals surface area contributed by atoms with Gasteiger partial charge in [-0.15, -0.1) is 0 Å². The minimum atomic E-state index is -0.271. The Bertz CT molecular complexity index is 376. The van der Waals surface area contributed by atoms with Crippen LogP contribution < -0.4 is 10.1 Å². The summed E-state index contributed by atoms with van der Waals surface area (Å²) in [7, 11) is 1.49. The first-order valence-electron chi connectivity index (χ1n) is 6.27. The van der Waals surface area contributed by atoms with Gasteiger partial charge in [-0.2, -0.15) is 0 Å². The summed E-state index contributed by atoms with van der Waals surface area (Å²) in [4.78, 5) is 0. The third kappa shape index (κ3) is 3.43. The van der Waals surface area contributed by atoms with Crippen molar-refractivity contribution in [1.29, 1.82) is 0 Å². The zero-order valence-corrected chi connectivity index (χ0v) is 10.5. The van der Waals surface area contributed by atoms with Crippen LogP contribution in [-0.4, -0.2) is 19.7 Å². The quantitative estimate of drug-likeness (QED) is 0.821. The lowest BCUT2D eigenvalue weighted by atomic mass is 9.97. The first kappa shape index (κ1) is 12.4. The molecule has 1 unspecified atom stereocenters. The van der Waals surface area contributed by atoms with Gasteiger partial charge >= 0.3 is 0 Å². The summed E-state index contributed by atoms with van der Waals surface area (Å²) in [6.45, 7) is 3.15. The third-order valence-corrected chi connectivity index (χ3v) is 3.33. The number of rotatable bonds is 6. The second-order valence-electron chi connectivity index (χ2n) is 4.81. The maximum Gasteiger partial charge on any atom is 0.165 e. The van der Waals surface area contributed by atoms with Gasteiger partial charge in [-0.3, -0.25) is 0 Å². The van der Waals surface area contributed by atoms with E-state index in [9.17, 15) is 4.39 Å². The van der Waals surface area contributed by atoms with E-state index >= 15 is 0 Å². The fourth-order valence-corrected chi connectivity index (χ4v) is 1.95. The van der Waals surface area contributed by atoms with Crippen molar-refractivity contribution < 1.29 is 9.13 Å². The molecule has 2 nitrogen and oxygen atoms in total. The molecule has 17 heavy (non-hydrogen) atoms. The summed E-state index contributed by atoms with van der Waals surface area (Å²) in [5.41, 5.74) is 1.04. The van der Waals surface area contributed by atoms with Crippen molar-refractivity contribution in [1.82, 2.24) is 5.32 Å². The first-order chi connectivity index (χ1) is 8.20. The number of benzene rings is 1. The van der Waals surface area contributed by atoms with E-state index in [-0.39, 0.29) is 5.82 Å². The van der Waals surface area contributed by atoms with Crippen LogP contribution in [0.1, 0.15) is 37.7 Å². The zero-order chi connectivity index (χ0) is 12.3.